The van der Waals surface area contributed by atoms with E-state index in [9.17, 15) is 0 Å². The summed E-state index contributed by atoms with van der Waals surface area (Å²) in [5, 5.41) is 0.937. The fourth-order valence-corrected chi connectivity index (χ4v) is 2.38. The average molecular weight is 257 g/mol. The van der Waals surface area contributed by atoms with Gasteiger partial charge in [0.15, 0.2) is 0 Å². The van der Waals surface area contributed by atoms with Gasteiger partial charge in [-0.05, 0) is 36.7 Å². The molecular formula is C13H21ClOSi. The molecule has 0 saturated carbocycles. The standard InChI is InChI=1S/C13H21ClOSi/c1-10-8-7-9-11(12(10)14)15-16(5,6)13(2,3)4/h7-9H,1-6H3. The summed E-state index contributed by atoms with van der Waals surface area (Å²) in [5.41, 5.74) is 1.07. The van der Waals surface area contributed by atoms with Gasteiger partial charge < -0.3 is 4.43 Å². The Hall–Kier alpha value is -0.473. The van der Waals surface area contributed by atoms with E-state index in [-0.39, 0.29) is 5.04 Å². The second-order valence-electron chi connectivity index (χ2n) is 5.75. The molecule has 0 atom stereocenters. The molecule has 0 fully saturated rings. The van der Waals surface area contributed by atoms with Crippen LogP contribution in [0.15, 0.2) is 18.2 Å². The van der Waals surface area contributed by atoms with Crippen molar-refractivity contribution in [3.8, 4) is 5.75 Å². The third-order valence-electron chi connectivity index (χ3n) is 3.33. The Balaban J connectivity index is 3.02. The third-order valence-corrected chi connectivity index (χ3v) is 8.15. The summed E-state index contributed by atoms with van der Waals surface area (Å²) in [6.07, 6.45) is 0. The molecule has 0 spiro atoms. The molecule has 1 rings (SSSR count). The zero-order valence-corrected chi connectivity index (χ0v) is 12.8. The molecule has 1 aromatic rings. The summed E-state index contributed by atoms with van der Waals surface area (Å²) < 4.78 is 6.18. The largest absolute Gasteiger partial charge is 0.542 e. The molecule has 0 aliphatic rings. The number of halogens is 1. The number of benzene rings is 1. The van der Waals surface area contributed by atoms with Crippen LogP contribution in [-0.4, -0.2) is 8.32 Å². The maximum Gasteiger partial charge on any atom is 0.250 e. The second kappa shape index (κ2) is 4.42. The molecule has 0 aliphatic carbocycles. The van der Waals surface area contributed by atoms with Gasteiger partial charge in [-0.25, -0.2) is 0 Å². The first-order valence-corrected chi connectivity index (χ1v) is 8.88. The van der Waals surface area contributed by atoms with E-state index >= 15 is 0 Å². The van der Waals surface area contributed by atoms with E-state index in [1.165, 1.54) is 0 Å². The summed E-state index contributed by atoms with van der Waals surface area (Å²) >= 11 is 6.25. The van der Waals surface area contributed by atoms with Crippen molar-refractivity contribution in [3.63, 3.8) is 0 Å². The highest BCUT2D eigenvalue weighted by Gasteiger charge is 2.39. The van der Waals surface area contributed by atoms with E-state index in [2.05, 4.69) is 33.9 Å². The molecule has 0 bridgehead atoms. The fourth-order valence-electron chi connectivity index (χ4n) is 1.13. The monoisotopic (exact) mass is 256 g/mol. The maximum atomic E-state index is 6.25. The van der Waals surface area contributed by atoms with Crippen molar-refractivity contribution in [3.05, 3.63) is 28.8 Å². The molecule has 0 saturated heterocycles. The smallest absolute Gasteiger partial charge is 0.250 e. The Morgan fingerprint density at radius 3 is 2.25 bits per heavy atom. The van der Waals surface area contributed by atoms with E-state index in [1.54, 1.807) is 0 Å². The summed E-state index contributed by atoms with van der Waals surface area (Å²) in [6.45, 7) is 13.1. The second-order valence-corrected chi connectivity index (χ2v) is 10.9. The van der Waals surface area contributed by atoms with Crippen LogP contribution in [0.1, 0.15) is 26.3 Å². The van der Waals surface area contributed by atoms with E-state index < -0.39 is 8.32 Å². The van der Waals surface area contributed by atoms with Gasteiger partial charge in [0.25, 0.3) is 8.32 Å². The Bertz CT molecular complexity index is 380. The van der Waals surface area contributed by atoms with Crippen LogP contribution in [0, 0.1) is 6.92 Å². The molecule has 0 unspecified atom stereocenters. The molecule has 0 aromatic heterocycles. The number of hydrogen-bond acceptors (Lipinski definition) is 1. The van der Waals surface area contributed by atoms with Gasteiger partial charge in [-0.3, -0.25) is 0 Å². The minimum Gasteiger partial charge on any atom is -0.542 e. The first kappa shape index (κ1) is 13.6. The predicted octanol–water partition coefficient (Wildman–Crippen LogP) is 5.03. The highest BCUT2D eigenvalue weighted by atomic mass is 35.5. The van der Waals surface area contributed by atoms with Gasteiger partial charge in [0.05, 0.1) is 5.02 Å². The van der Waals surface area contributed by atoms with Gasteiger partial charge in [0, 0.05) is 0 Å². The summed E-state index contributed by atoms with van der Waals surface area (Å²) in [5.74, 6) is 0.827. The highest BCUT2D eigenvalue weighted by Crippen LogP contribution is 2.39. The molecule has 0 aliphatic heterocycles. The summed E-state index contributed by atoms with van der Waals surface area (Å²) in [7, 11) is -1.78. The lowest BCUT2D eigenvalue weighted by molar-refractivity contribution is 0.492. The first-order valence-electron chi connectivity index (χ1n) is 5.59. The molecule has 0 radical (unpaired) electrons. The summed E-state index contributed by atoms with van der Waals surface area (Å²) in [4.78, 5) is 0. The molecule has 1 aromatic carbocycles. The summed E-state index contributed by atoms with van der Waals surface area (Å²) in [6, 6.07) is 5.94. The van der Waals surface area contributed by atoms with E-state index in [4.69, 9.17) is 16.0 Å². The van der Waals surface area contributed by atoms with Crippen molar-refractivity contribution < 1.29 is 4.43 Å². The molecule has 0 N–H and O–H groups in total. The zero-order valence-electron chi connectivity index (χ0n) is 11.0. The van der Waals surface area contributed by atoms with Crippen molar-refractivity contribution in [1.29, 1.82) is 0 Å². The van der Waals surface area contributed by atoms with Crippen LogP contribution in [0.5, 0.6) is 5.75 Å². The molecule has 0 amide bonds. The lowest BCUT2D eigenvalue weighted by atomic mass is 10.2. The van der Waals surface area contributed by atoms with Crippen molar-refractivity contribution in [2.75, 3.05) is 0 Å². The maximum absolute atomic E-state index is 6.25. The van der Waals surface area contributed by atoms with Gasteiger partial charge in [0.1, 0.15) is 5.75 Å². The van der Waals surface area contributed by atoms with Crippen molar-refractivity contribution >= 4 is 19.9 Å². The normalized spacial score (nSPS) is 12.7. The number of hydrogen-bond donors (Lipinski definition) is 0. The van der Waals surface area contributed by atoms with E-state index in [0.717, 1.165) is 16.3 Å². The van der Waals surface area contributed by atoms with E-state index in [0.29, 0.717) is 0 Å². The first-order chi connectivity index (χ1) is 7.15. The van der Waals surface area contributed by atoms with Gasteiger partial charge >= 0.3 is 0 Å². The molecule has 90 valence electrons. The minimum absolute atomic E-state index is 0.195. The van der Waals surface area contributed by atoms with Gasteiger partial charge in [-0.15, -0.1) is 0 Å². The van der Waals surface area contributed by atoms with Crippen LogP contribution in [0.3, 0.4) is 0 Å². The highest BCUT2D eigenvalue weighted by molar-refractivity contribution is 6.74. The molecular weight excluding hydrogens is 236 g/mol. The quantitative estimate of drug-likeness (QED) is 0.674. The van der Waals surface area contributed by atoms with Crippen molar-refractivity contribution in [2.24, 2.45) is 0 Å². The van der Waals surface area contributed by atoms with Crippen LogP contribution in [0.2, 0.25) is 23.2 Å². The number of aryl methyl sites for hydroxylation is 1. The van der Waals surface area contributed by atoms with Crippen molar-refractivity contribution in [1.82, 2.24) is 0 Å². The van der Waals surface area contributed by atoms with Gasteiger partial charge in [0.2, 0.25) is 0 Å². The molecule has 3 heteroatoms. The molecule has 1 nitrogen and oxygen atoms in total. The van der Waals surface area contributed by atoms with Crippen LogP contribution in [-0.2, 0) is 0 Å². The Morgan fingerprint density at radius 1 is 1.19 bits per heavy atom. The Morgan fingerprint density at radius 2 is 1.75 bits per heavy atom. The van der Waals surface area contributed by atoms with Gasteiger partial charge in [-0.2, -0.15) is 0 Å². The zero-order chi connectivity index (χ0) is 12.6. The molecule has 16 heavy (non-hydrogen) atoms. The third kappa shape index (κ3) is 2.80. The fraction of sp³-hybridized carbons (Fsp3) is 0.538. The van der Waals surface area contributed by atoms with Crippen LogP contribution in [0.25, 0.3) is 0 Å². The van der Waals surface area contributed by atoms with Crippen molar-refractivity contribution in [2.45, 2.75) is 45.8 Å². The van der Waals surface area contributed by atoms with Crippen LogP contribution < -0.4 is 4.43 Å². The van der Waals surface area contributed by atoms with Crippen LogP contribution in [0.4, 0.5) is 0 Å². The number of rotatable bonds is 2. The van der Waals surface area contributed by atoms with Crippen LogP contribution >= 0.6 is 11.6 Å². The molecule has 0 heterocycles. The SMILES string of the molecule is Cc1cccc(O[Si](C)(C)C(C)(C)C)c1Cl. The Labute approximate surface area is 105 Å². The Kier molecular flexibility index (Phi) is 3.75. The lowest BCUT2D eigenvalue weighted by Crippen LogP contribution is -2.43. The average Bonchev–Trinajstić information content (AvgIpc) is 2.11. The minimum atomic E-state index is -1.78. The topological polar surface area (TPSA) is 9.23 Å². The van der Waals surface area contributed by atoms with E-state index in [1.807, 2.05) is 25.1 Å². The predicted molar refractivity (Wildman–Crippen MR) is 74.0 cm³/mol. The van der Waals surface area contributed by atoms with Gasteiger partial charge in [-0.1, -0.05) is 44.5 Å². The lowest BCUT2D eigenvalue weighted by Gasteiger charge is -2.36.